The van der Waals surface area contributed by atoms with E-state index in [1.54, 1.807) is 0 Å². The lowest BCUT2D eigenvalue weighted by atomic mass is 10.0. The Hall–Kier alpha value is -1.53. The van der Waals surface area contributed by atoms with Gasteiger partial charge < -0.3 is 16.0 Å². The summed E-state index contributed by atoms with van der Waals surface area (Å²) in [5.41, 5.74) is 7.88. The van der Waals surface area contributed by atoms with Crippen LogP contribution in [0.5, 0.6) is 0 Å². The molecule has 1 aliphatic rings. The minimum atomic E-state index is -0.0654. The van der Waals surface area contributed by atoms with Crippen LogP contribution < -0.4 is 11.1 Å². The molecule has 1 aliphatic heterocycles. The van der Waals surface area contributed by atoms with Crippen LogP contribution in [0.4, 0.5) is 5.69 Å². The molecule has 1 unspecified atom stereocenters. The van der Waals surface area contributed by atoms with E-state index in [9.17, 15) is 9.59 Å². The molecule has 0 saturated carbocycles. The van der Waals surface area contributed by atoms with Crippen molar-refractivity contribution in [1.29, 1.82) is 0 Å². The summed E-state index contributed by atoms with van der Waals surface area (Å²) in [5, 5.41) is 2.89. The zero-order valence-corrected chi connectivity index (χ0v) is 14.6. The van der Waals surface area contributed by atoms with Gasteiger partial charge >= 0.3 is 0 Å². The lowest BCUT2D eigenvalue weighted by Gasteiger charge is -2.27. The van der Waals surface area contributed by atoms with Crippen molar-refractivity contribution in [3.8, 4) is 0 Å². The van der Waals surface area contributed by atoms with Gasteiger partial charge in [0.05, 0.1) is 0 Å². The summed E-state index contributed by atoms with van der Waals surface area (Å²) in [6, 6.07) is 5.49. The van der Waals surface area contributed by atoms with Crippen molar-refractivity contribution in [2.24, 2.45) is 5.73 Å². The Morgan fingerprint density at radius 3 is 2.70 bits per heavy atom. The average Bonchev–Trinajstić information content (AvgIpc) is 2.55. The molecule has 1 atom stereocenters. The van der Waals surface area contributed by atoms with E-state index in [1.807, 2.05) is 48.7 Å². The van der Waals surface area contributed by atoms with Gasteiger partial charge in [-0.2, -0.15) is 11.8 Å². The van der Waals surface area contributed by atoms with Crippen molar-refractivity contribution in [3.63, 3.8) is 0 Å². The fraction of sp³-hybridized carbons (Fsp3) is 0.529. The maximum absolute atomic E-state index is 12.7. The summed E-state index contributed by atoms with van der Waals surface area (Å²) in [6.07, 6.45) is 1.04. The molecule has 1 aromatic carbocycles. The van der Waals surface area contributed by atoms with Crippen LogP contribution in [-0.4, -0.2) is 47.4 Å². The predicted molar refractivity (Wildman–Crippen MR) is 95.9 cm³/mol. The van der Waals surface area contributed by atoms with Crippen LogP contribution in [0.2, 0.25) is 0 Å². The summed E-state index contributed by atoms with van der Waals surface area (Å²) in [5.74, 6) is 1.95. The monoisotopic (exact) mass is 335 g/mol. The van der Waals surface area contributed by atoms with E-state index >= 15 is 0 Å². The first-order valence-electron chi connectivity index (χ1n) is 8.01. The first-order valence-corrected chi connectivity index (χ1v) is 9.16. The minimum Gasteiger partial charge on any atom is -0.337 e. The third kappa shape index (κ3) is 4.97. The van der Waals surface area contributed by atoms with E-state index in [0.29, 0.717) is 24.1 Å². The Morgan fingerprint density at radius 1 is 1.35 bits per heavy atom. The van der Waals surface area contributed by atoms with Crippen LogP contribution >= 0.6 is 11.8 Å². The predicted octanol–water partition coefficient (Wildman–Crippen LogP) is 2.25. The molecule has 0 aromatic heterocycles. The number of carbonyl (C=O) groups excluding carboxylic acids is 2. The highest BCUT2D eigenvalue weighted by Crippen LogP contribution is 2.22. The number of nitrogens with zero attached hydrogens (tertiary/aromatic N) is 1. The van der Waals surface area contributed by atoms with E-state index in [0.717, 1.165) is 30.2 Å². The number of hydrogen-bond donors (Lipinski definition) is 2. The van der Waals surface area contributed by atoms with Gasteiger partial charge in [-0.1, -0.05) is 6.07 Å². The molecule has 1 heterocycles. The van der Waals surface area contributed by atoms with Gasteiger partial charge in [-0.25, -0.2) is 0 Å². The Morgan fingerprint density at radius 2 is 2.04 bits per heavy atom. The Bertz CT molecular complexity index is 569. The molecule has 23 heavy (non-hydrogen) atoms. The highest BCUT2D eigenvalue weighted by atomic mass is 32.2. The molecular formula is C17H25N3O2S. The second-order valence-corrected chi connectivity index (χ2v) is 7.17. The second kappa shape index (κ2) is 8.36. The van der Waals surface area contributed by atoms with Gasteiger partial charge in [0.2, 0.25) is 5.91 Å². The van der Waals surface area contributed by atoms with Gasteiger partial charge in [0.15, 0.2) is 0 Å². The van der Waals surface area contributed by atoms with Gasteiger partial charge in [0.1, 0.15) is 0 Å². The van der Waals surface area contributed by atoms with Crippen LogP contribution in [0.1, 0.15) is 35.7 Å². The number of anilines is 1. The Kier molecular flexibility index (Phi) is 6.47. The van der Waals surface area contributed by atoms with Crippen molar-refractivity contribution in [1.82, 2.24) is 4.90 Å². The van der Waals surface area contributed by atoms with Crippen molar-refractivity contribution >= 4 is 29.3 Å². The van der Waals surface area contributed by atoms with E-state index < -0.39 is 0 Å². The zero-order chi connectivity index (χ0) is 16.8. The third-order valence-electron chi connectivity index (χ3n) is 3.96. The van der Waals surface area contributed by atoms with E-state index in [-0.39, 0.29) is 17.9 Å². The number of carbonyl (C=O) groups is 2. The number of amides is 2. The van der Waals surface area contributed by atoms with Gasteiger partial charge in [-0.15, -0.1) is 0 Å². The first kappa shape index (κ1) is 17.8. The van der Waals surface area contributed by atoms with Gasteiger partial charge in [0.25, 0.3) is 5.91 Å². The quantitative estimate of drug-likeness (QED) is 0.865. The standard InChI is InChI=1S/C17H25N3O2S/c1-12(18)6-7-16(21)19-15-5-3-4-14(13(15)2)17(22)20-8-10-23-11-9-20/h3-5,12H,6-11,18H2,1-2H3,(H,19,21). The maximum Gasteiger partial charge on any atom is 0.254 e. The minimum absolute atomic E-state index is 0.00623. The number of benzene rings is 1. The van der Waals surface area contributed by atoms with E-state index in [1.165, 1.54) is 0 Å². The molecule has 0 spiro atoms. The normalized spacial score (nSPS) is 16.0. The van der Waals surface area contributed by atoms with Crippen molar-refractivity contribution < 1.29 is 9.59 Å². The molecule has 2 rings (SSSR count). The first-order chi connectivity index (χ1) is 11.0. The highest BCUT2D eigenvalue weighted by molar-refractivity contribution is 7.99. The number of hydrogen-bond acceptors (Lipinski definition) is 4. The van der Waals surface area contributed by atoms with Crippen molar-refractivity contribution in [2.75, 3.05) is 29.9 Å². The number of nitrogens with one attached hydrogen (secondary N) is 1. The molecular weight excluding hydrogens is 310 g/mol. The fourth-order valence-corrected chi connectivity index (χ4v) is 3.41. The van der Waals surface area contributed by atoms with Crippen molar-refractivity contribution in [2.45, 2.75) is 32.7 Å². The SMILES string of the molecule is Cc1c(NC(=O)CCC(C)N)cccc1C(=O)N1CCSCC1. The highest BCUT2D eigenvalue weighted by Gasteiger charge is 2.21. The summed E-state index contributed by atoms with van der Waals surface area (Å²) in [6.45, 7) is 5.34. The third-order valence-corrected chi connectivity index (χ3v) is 4.91. The molecule has 1 fully saturated rings. The van der Waals surface area contributed by atoms with E-state index in [2.05, 4.69) is 5.32 Å². The lowest BCUT2D eigenvalue weighted by Crippen LogP contribution is -2.38. The Balaban J connectivity index is 2.08. The van der Waals surface area contributed by atoms with Gasteiger partial charge in [0, 0.05) is 48.3 Å². The summed E-state index contributed by atoms with van der Waals surface area (Å²) < 4.78 is 0. The van der Waals surface area contributed by atoms with Gasteiger partial charge in [-0.3, -0.25) is 9.59 Å². The molecule has 3 N–H and O–H groups in total. The topological polar surface area (TPSA) is 75.4 Å². The maximum atomic E-state index is 12.7. The summed E-state index contributed by atoms with van der Waals surface area (Å²) in [7, 11) is 0. The van der Waals surface area contributed by atoms with Gasteiger partial charge in [-0.05, 0) is 38.0 Å². The number of rotatable bonds is 5. The fourth-order valence-electron chi connectivity index (χ4n) is 2.51. The molecule has 2 amide bonds. The number of nitrogens with two attached hydrogens (primary N) is 1. The largest absolute Gasteiger partial charge is 0.337 e. The summed E-state index contributed by atoms with van der Waals surface area (Å²) >= 11 is 1.87. The zero-order valence-electron chi connectivity index (χ0n) is 13.8. The molecule has 6 heteroatoms. The van der Waals surface area contributed by atoms with E-state index in [4.69, 9.17) is 5.73 Å². The number of thioether (sulfide) groups is 1. The summed E-state index contributed by atoms with van der Waals surface area (Å²) in [4.78, 5) is 26.5. The molecule has 1 saturated heterocycles. The molecule has 5 nitrogen and oxygen atoms in total. The molecule has 0 radical (unpaired) electrons. The second-order valence-electron chi connectivity index (χ2n) is 5.95. The lowest BCUT2D eigenvalue weighted by molar-refractivity contribution is -0.116. The van der Waals surface area contributed by atoms with Crippen LogP contribution in [-0.2, 0) is 4.79 Å². The Labute approximate surface area is 142 Å². The molecule has 0 bridgehead atoms. The average molecular weight is 335 g/mol. The van der Waals surface area contributed by atoms with Crippen molar-refractivity contribution in [3.05, 3.63) is 29.3 Å². The molecule has 0 aliphatic carbocycles. The van der Waals surface area contributed by atoms with Crippen LogP contribution in [0.3, 0.4) is 0 Å². The van der Waals surface area contributed by atoms with Crippen LogP contribution in [0, 0.1) is 6.92 Å². The van der Waals surface area contributed by atoms with Crippen LogP contribution in [0.15, 0.2) is 18.2 Å². The van der Waals surface area contributed by atoms with Crippen LogP contribution in [0.25, 0.3) is 0 Å². The smallest absolute Gasteiger partial charge is 0.254 e. The molecule has 126 valence electrons. The molecule has 1 aromatic rings.